The van der Waals surface area contributed by atoms with E-state index >= 15 is 0 Å². The number of guanidine groups is 1. The molecule has 0 aromatic carbocycles. The van der Waals surface area contributed by atoms with Crippen molar-refractivity contribution in [1.82, 2.24) is 15.1 Å². The Morgan fingerprint density at radius 1 is 1.52 bits per heavy atom. The zero-order valence-corrected chi connectivity index (χ0v) is 17.3. The topological polar surface area (TPSA) is 101 Å². The first kappa shape index (κ1) is 24.9. The van der Waals surface area contributed by atoms with Crippen molar-refractivity contribution >= 4 is 18.1 Å². The fourth-order valence-corrected chi connectivity index (χ4v) is 2.64. The van der Waals surface area contributed by atoms with E-state index in [1.807, 2.05) is 13.8 Å². The molecule has 164 valence electrons. The minimum atomic E-state index is -3.34. The summed E-state index contributed by atoms with van der Waals surface area (Å²) in [5.41, 5.74) is 0.161. The zero-order chi connectivity index (χ0) is 22.0. The molecule has 29 heavy (non-hydrogen) atoms. The number of carboxylic acid groups (broad SMARTS) is 1. The van der Waals surface area contributed by atoms with Crippen LogP contribution in [-0.4, -0.2) is 83.2 Å². The minimum absolute atomic E-state index is 0.00368. The fraction of sp³-hybridized carbons (Fsp3) is 0.632. The van der Waals surface area contributed by atoms with Gasteiger partial charge in [0.1, 0.15) is 0 Å². The Morgan fingerprint density at radius 3 is 2.83 bits per heavy atom. The standard InChI is InChI=1S/C19H31F2N5O3/c1-5-7-15(3)26-12-19(20,21)17(29)25(4)11-10-23-18(24-13-26)22-9-6-8-14(2)16(27)28/h6,8-10,15,17,29H,5,7,11-13H2,1-4H3,(H,22,24)(H,27,28)/b9-6+,14-8+,23-10-. The molecule has 0 saturated heterocycles. The van der Waals surface area contributed by atoms with Crippen LogP contribution < -0.4 is 5.32 Å². The van der Waals surface area contributed by atoms with Gasteiger partial charge in [0.25, 0.3) is 5.92 Å². The molecule has 0 saturated carbocycles. The van der Waals surface area contributed by atoms with Gasteiger partial charge in [-0.25, -0.2) is 23.6 Å². The summed E-state index contributed by atoms with van der Waals surface area (Å²) < 4.78 is 29.1. The summed E-state index contributed by atoms with van der Waals surface area (Å²) in [6, 6.07) is -0.158. The van der Waals surface area contributed by atoms with Gasteiger partial charge in [0.2, 0.25) is 5.96 Å². The highest BCUT2D eigenvalue weighted by Gasteiger charge is 2.43. The van der Waals surface area contributed by atoms with E-state index in [1.54, 1.807) is 0 Å². The number of rotatable bonds is 6. The zero-order valence-electron chi connectivity index (χ0n) is 17.3. The van der Waals surface area contributed by atoms with Crippen molar-refractivity contribution in [2.45, 2.75) is 51.8 Å². The summed E-state index contributed by atoms with van der Waals surface area (Å²) in [6.45, 7) is 4.63. The van der Waals surface area contributed by atoms with Crippen molar-refractivity contribution in [3.05, 3.63) is 23.9 Å². The van der Waals surface area contributed by atoms with Crippen molar-refractivity contribution in [2.24, 2.45) is 9.98 Å². The molecule has 0 bridgehead atoms. The second-order valence-electron chi connectivity index (χ2n) is 7.05. The molecular weight excluding hydrogens is 384 g/mol. The van der Waals surface area contributed by atoms with Crippen LogP contribution in [0.2, 0.25) is 0 Å². The molecule has 10 heteroatoms. The molecule has 2 atom stereocenters. The average molecular weight is 415 g/mol. The molecule has 1 heterocycles. The number of carbonyl (C=O) groups is 1. The quantitative estimate of drug-likeness (QED) is 0.453. The number of nitrogens with zero attached hydrogens (tertiary/aromatic N) is 4. The first-order valence-electron chi connectivity index (χ1n) is 9.49. The van der Waals surface area contributed by atoms with Crippen LogP contribution in [-0.2, 0) is 4.79 Å². The van der Waals surface area contributed by atoms with Crippen LogP contribution >= 0.6 is 0 Å². The fourth-order valence-electron chi connectivity index (χ4n) is 2.64. The molecule has 0 aromatic heterocycles. The molecule has 1 aliphatic rings. The van der Waals surface area contributed by atoms with Gasteiger partial charge in [0.15, 0.2) is 6.23 Å². The molecule has 0 amide bonds. The van der Waals surface area contributed by atoms with E-state index in [0.717, 1.165) is 11.3 Å². The summed E-state index contributed by atoms with van der Waals surface area (Å²) >= 11 is 0. The van der Waals surface area contributed by atoms with Gasteiger partial charge in [-0.05, 0) is 33.4 Å². The molecule has 0 aromatic rings. The third-order valence-electron chi connectivity index (χ3n) is 4.52. The largest absolute Gasteiger partial charge is 0.478 e. The number of aliphatic imine (C=N–C) groups is 2. The molecular formula is C19H31F2N5O3. The van der Waals surface area contributed by atoms with Crippen LogP contribution in [0, 0.1) is 0 Å². The molecule has 3 N–H and O–H groups in total. The number of carboxylic acids is 1. The first-order valence-corrected chi connectivity index (χ1v) is 9.49. The summed E-state index contributed by atoms with van der Waals surface area (Å²) in [7, 11) is 1.39. The number of aliphatic carboxylic acids is 1. The predicted octanol–water partition coefficient (Wildman–Crippen LogP) is 1.89. The molecule has 0 aliphatic carbocycles. The van der Waals surface area contributed by atoms with Gasteiger partial charge in [0, 0.05) is 30.6 Å². The molecule has 0 radical (unpaired) electrons. The van der Waals surface area contributed by atoms with E-state index in [4.69, 9.17) is 5.11 Å². The number of nitrogens with one attached hydrogen (secondary N) is 1. The molecule has 0 spiro atoms. The highest BCUT2D eigenvalue weighted by molar-refractivity contribution is 5.89. The van der Waals surface area contributed by atoms with Crippen LogP contribution in [0.25, 0.3) is 0 Å². The number of aliphatic hydroxyl groups is 1. The van der Waals surface area contributed by atoms with E-state index in [9.17, 15) is 18.7 Å². The van der Waals surface area contributed by atoms with Gasteiger partial charge < -0.3 is 15.5 Å². The summed E-state index contributed by atoms with van der Waals surface area (Å²) in [5, 5.41) is 21.7. The Balaban J connectivity index is 3.06. The maximum absolute atomic E-state index is 14.6. The second kappa shape index (κ2) is 11.7. The van der Waals surface area contributed by atoms with Crippen molar-refractivity contribution in [3.8, 4) is 0 Å². The van der Waals surface area contributed by atoms with E-state index in [-0.39, 0.29) is 30.8 Å². The van der Waals surface area contributed by atoms with E-state index < -0.39 is 24.7 Å². The van der Waals surface area contributed by atoms with Gasteiger partial charge >= 0.3 is 5.97 Å². The van der Waals surface area contributed by atoms with Gasteiger partial charge in [-0.15, -0.1) is 0 Å². The van der Waals surface area contributed by atoms with Gasteiger partial charge in [0.05, 0.1) is 13.2 Å². The minimum Gasteiger partial charge on any atom is -0.478 e. The maximum Gasteiger partial charge on any atom is 0.331 e. The number of aliphatic hydroxyl groups excluding tert-OH is 1. The smallest absolute Gasteiger partial charge is 0.331 e. The van der Waals surface area contributed by atoms with Crippen LogP contribution in [0.5, 0.6) is 0 Å². The number of hydrogen-bond acceptors (Lipinski definition) is 7. The van der Waals surface area contributed by atoms with Gasteiger partial charge in [-0.3, -0.25) is 9.80 Å². The monoisotopic (exact) mass is 415 g/mol. The number of hydrogen-bond donors (Lipinski definition) is 3. The van der Waals surface area contributed by atoms with Gasteiger partial charge in [-0.1, -0.05) is 19.4 Å². The van der Waals surface area contributed by atoms with Crippen molar-refractivity contribution < 1.29 is 23.8 Å². The Hall–Kier alpha value is -2.17. The molecule has 2 unspecified atom stereocenters. The third-order valence-corrected chi connectivity index (χ3v) is 4.52. The number of alkyl halides is 2. The van der Waals surface area contributed by atoms with E-state index in [1.165, 1.54) is 43.4 Å². The van der Waals surface area contributed by atoms with Crippen molar-refractivity contribution in [3.63, 3.8) is 0 Å². The maximum atomic E-state index is 14.6. The van der Waals surface area contributed by atoms with Crippen LogP contribution in [0.1, 0.15) is 33.6 Å². The van der Waals surface area contributed by atoms with Crippen LogP contribution in [0.4, 0.5) is 8.78 Å². The lowest BCUT2D eigenvalue weighted by Crippen LogP contribution is -2.53. The Labute approximate surface area is 170 Å². The number of halogens is 2. The highest BCUT2D eigenvalue weighted by atomic mass is 19.3. The van der Waals surface area contributed by atoms with E-state index in [2.05, 4.69) is 15.3 Å². The van der Waals surface area contributed by atoms with Crippen LogP contribution in [0.15, 0.2) is 33.9 Å². The Bertz CT molecular complexity index is 664. The average Bonchev–Trinajstić information content (AvgIpc) is 2.67. The summed E-state index contributed by atoms with van der Waals surface area (Å²) in [4.78, 5) is 21.9. The lowest BCUT2D eigenvalue weighted by atomic mass is 10.1. The first-order chi connectivity index (χ1) is 13.6. The van der Waals surface area contributed by atoms with Crippen molar-refractivity contribution in [2.75, 3.05) is 26.8 Å². The second-order valence-corrected chi connectivity index (χ2v) is 7.05. The lowest BCUT2D eigenvalue weighted by molar-refractivity contribution is -0.178. The number of allylic oxidation sites excluding steroid dienone is 2. The molecule has 1 rings (SSSR count). The Kier molecular flexibility index (Phi) is 10.1. The SMILES string of the molecule is CCCC(C)N1C/N=C(N/C=C/C=C(\C)C(=O)O)\N=C/CN(C)C(O)C(F)(F)C1. The molecule has 0 fully saturated rings. The lowest BCUT2D eigenvalue weighted by Gasteiger charge is -2.35. The van der Waals surface area contributed by atoms with Crippen molar-refractivity contribution in [1.29, 1.82) is 0 Å². The van der Waals surface area contributed by atoms with Gasteiger partial charge in [-0.2, -0.15) is 0 Å². The van der Waals surface area contributed by atoms with E-state index in [0.29, 0.717) is 6.42 Å². The normalized spacial score (nSPS) is 26.4. The summed E-state index contributed by atoms with van der Waals surface area (Å²) in [6.07, 6.45) is 5.35. The Morgan fingerprint density at radius 2 is 2.21 bits per heavy atom. The molecule has 1 aliphatic heterocycles. The third kappa shape index (κ3) is 8.38. The molecule has 8 nitrogen and oxygen atoms in total. The highest BCUT2D eigenvalue weighted by Crippen LogP contribution is 2.24. The predicted molar refractivity (Wildman–Crippen MR) is 109 cm³/mol. The summed E-state index contributed by atoms with van der Waals surface area (Å²) in [5.74, 6) is -4.16. The van der Waals surface area contributed by atoms with Crippen LogP contribution in [0.3, 0.4) is 0 Å².